The summed E-state index contributed by atoms with van der Waals surface area (Å²) >= 11 is 0. The van der Waals surface area contributed by atoms with Gasteiger partial charge in [0.1, 0.15) is 5.76 Å². The lowest BCUT2D eigenvalue weighted by Gasteiger charge is -2.43. The number of guanidine groups is 1. The second-order valence-corrected chi connectivity index (χ2v) is 8.02. The van der Waals surface area contributed by atoms with Gasteiger partial charge in [-0.25, -0.2) is 0 Å². The fourth-order valence-corrected chi connectivity index (χ4v) is 3.68. The average molecular weight is 364 g/mol. The lowest BCUT2D eigenvalue weighted by atomic mass is 9.93. The zero-order valence-electron chi connectivity index (χ0n) is 17.5. The van der Waals surface area contributed by atoms with Crippen molar-refractivity contribution >= 4 is 5.96 Å². The first kappa shape index (κ1) is 20.7. The van der Waals surface area contributed by atoms with Gasteiger partial charge in [-0.15, -0.1) is 0 Å². The fourth-order valence-electron chi connectivity index (χ4n) is 3.68. The van der Waals surface area contributed by atoms with Gasteiger partial charge in [-0.2, -0.15) is 0 Å². The SMILES string of the molecule is CCc1noc(CC)c1CNC(=NC)NCC(C)(C)N1CCCC(C)C1. The van der Waals surface area contributed by atoms with Gasteiger partial charge in [0, 0.05) is 44.2 Å². The molecule has 0 aromatic carbocycles. The van der Waals surface area contributed by atoms with Crippen LogP contribution >= 0.6 is 0 Å². The number of nitrogens with zero attached hydrogens (tertiary/aromatic N) is 3. The van der Waals surface area contributed by atoms with Crippen LogP contribution in [0, 0.1) is 5.92 Å². The summed E-state index contributed by atoms with van der Waals surface area (Å²) in [5.41, 5.74) is 2.31. The Morgan fingerprint density at radius 2 is 2.08 bits per heavy atom. The van der Waals surface area contributed by atoms with E-state index >= 15 is 0 Å². The maximum absolute atomic E-state index is 5.45. The molecule has 0 saturated carbocycles. The summed E-state index contributed by atoms with van der Waals surface area (Å²) < 4.78 is 5.45. The molecule has 26 heavy (non-hydrogen) atoms. The van der Waals surface area contributed by atoms with E-state index in [-0.39, 0.29) is 5.54 Å². The van der Waals surface area contributed by atoms with Gasteiger partial charge >= 0.3 is 0 Å². The third-order valence-corrected chi connectivity index (χ3v) is 5.46. The number of aromatic nitrogens is 1. The number of piperidine rings is 1. The van der Waals surface area contributed by atoms with Crippen molar-refractivity contribution in [2.24, 2.45) is 10.9 Å². The lowest BCUT2D eigenvalue weighted by Crippen LogP contribution is -2.55. The summed E-state index contributed by atoms with van der Waals surface area (Å²) in [6, 6.07) is 0. The predicted molar refractivity (Wildman–Crippen MR) is 108 cm³/mol. The van der Waals surface area contributed by atoms with Crippen LogP contribution < -0.4 is 10.6 Å². The van der Waals surface area contributed by atoms with Crippen molar-refractivity contribution in [2.75, 3.05) is 26.7 Å². The number of hydrogen-bond donors (Lipinski definition) is 2. The molecule has 0 spiro atoms. The molecule has 2 heterocycles. The Balaban J connectivity index is 1.90. The highest BCUT2D eigenvalue weighted by Gasteiger charge is 2.30. The molecule has 1 aliphatic heterocycles. The predicted octanol–water partition coefficient (Wildman–Crippen LogP) is 2.97. The van der Waals surface area contributed by atoms with Gasteiger partial charge in [0.25, 0.3) is 0 Å². The third kappa shape index (κ3) is 5.22. The summed E-state index contributed by atoms with van der Waals surface area (Å²) in [6.45, 7) is 15.1. The van der Waals surface area contributed by atoms with E-state index in [1.165, 1.54) is 31.5 Å². The monoisotopic (exact) mass is 363 g/mol. The molecule has 1 aromatic heterocycles. The zero-order valence-corrected chi connectivity index (χ0v) is 17.5. The van der Waals surface area contributed by atoms with Crippen molar-refractivity contribution in [3.8, 4) is 0 Å². The molecule has 1 aromatic rings. The molecule has 2 rings (SSSR count). The van der Waals surface area contributed by atoms with E-state index in [0.717, 1.165) is 42.7 Å². The minimum absolute atomic E-state index is 0.104. The van der Waals surface area contributed by atoms with Crippen molar-refractivity contribution in [3.63, 3.8) is 0 Å². The van der Waals surface area contributed by atoms with E-state index in [2.05, 4.69) is 60.3 Å². The highest BCUT2D eigenvalue weighted by molar-refractivity contribution is 5.79. The second-order valence-electron chi connectivity index (χ2n) is 8.02. The Kier molecular flexibility index (Phi) is 7.50. The molecule has 6 heteroatoms. The van der Waals surface area contributed by atoms with E-state index in [9.17, 15) is 0 Å². The van der Waals surface area contributed by atoms with Crippen LogP contribution in [0.5, 0.6) is 0 Å². The Bertz CT molecular complexity index is 572. The first-order valence-corrected chi connectivity index (χ1v) is 10.1. The minimum atomic E-state index is 0.104. The van der Waals surface area contributed by atoms with Crippen molar-refractivity contribution < 1.29 is 4.52 Å². The van der Waals surface area contributed by atoms with E-state index in [1.54, 1.807) is 0 Å². The number of rotatable bonds is 7. The quantitative estimate of drug-likeness (QED) is 0.576. The highest BCUT2D eigenvalue weighted by atomic mass is 16.5. The van der Waals surface area contributed by atoms with Crippen molar-refractivity contribution in [3.05, 3.63) is 17.0 Å². The van der Waals surface area contributed by atoms with Crippen LogP contribution in [0.4, 0.5) is 0 Å². The fraction of sp³-hybridized carbons (Fsp3) is 0.800. The van der Waals surface area contributed by atoms with Crippen LogP contribution in [0.3, 0.4) is 0 Å². The minimum Gasteiger partial charge on any atom is -0.361 e. The van der Waals surface area contributed by atoms with Gasteiger partial charge in [0.15, 0.2) is 5.96 Å². The van der Waals surface area contributed by atoms with Gasteiger partial charge in [-0.3, -0.25) is 9.89 Å². The Morgan fingerprint density at radius 3 is 2.69 bits per heavy atom. The molecule has 1 atom stereocenters. The molecule has 0 aliphatic carbocycles. The summed E-state index contributed by atoms with van der Waals surface area (Å²) in [6.07, 6.45) is 4.38. The smallest absolute Gasteiger partial charge is 0.191 e. The van der Waals surface area contributed by atoms with Crippen molar-refractivity contribution in [1.29, 1.82) is 0 Å². The molecule has 1 fully saturated rings. The Labute approximate surface area is 158 Å². The average Bonchev–Trinajstić information content (AvgIpc) is 3.04. The maximum Gasteiger partial charge on any atom is 0.191 e. The molecular formula is C20H37N5O. The number of aliphatic imine (C=N–C) groups is 1. The molecular weight excluding hydrogens is 326 g/mol. The van der Waals surface area contributed by atoms with Crippen LogP contribution in [-0.4, -0.2) is 48.2 Å². The number of aryl methyl sites for hydroxylation is 2. The summed E-state index contributed by atoms with van der Waals surface area (Å²) in [4.78, 5) is 6.99. The summed E-state index contributed by atoms with van der Waals surface area (Å²) in [7, 11) is 1.82. The Hall–Kier alpha value is -1.56. The molecule has 0 amide bonds. The van der Waals surface area contributed by atoms with Crippen LogP contribution in [0.25, 0.3) is 0 Å². The number of nitrogens with one attached hydrogen (secondary N) is 2. The second kappa shape index (κ2) is 9.40. The largest absolute Gasteiger partial charge is 0.361 e. The van der Waals surface area contributed by atoms with Gasteiger partial charge in [-0.05, 0) is 45.6 Å². The topological polar surface area (TPSA) is 65.7 Å². The van der Waals surface area contributed by atoms with Crippen molar-refractivity contribution in [1.82, 2.24) is 20.7 Å². The van der Waals surface area contributed by atoms with E-state index in [1.807, 2.05) is 7.05 Å². The Morgan fingerprint density at radius 1 is 1.31 bits per heavy atom. The van der Waals surface area contributed by atoms with Crippen LogP contribution in [-0.2, 0) is 19.4 Å². The van der Waals surface area contributed by atoms with Crippen LogP contribution in [0.15, 0.2) is 9.52 Å². The zero-order chi connectivity index (χ0) is 19.2. The van der Waals surface area contributed by atoms with Gasteiger partial charge < -0.3 is 15.2 Å². The molecule has 2 N–H and O–H groups in total. The van der Waals surface area contributed by atoms with Crippen LogP contribution in [0.2, 0.25) is 0 Å². The van der Waals surface area contributed by atoms with E-state index < -0.39 is 0 Å². The van der Waals surface area contributed by atoms with Gasteiger partial charge in [0.05, 0.1) is 5.69 Å². The lowest BCUT2D eigenvalue weighted by molar-refractivity contribution is 0.0739. The summed E-state index contributed by atoms with van der Waals surface area (Å²) in [5, 5.41) is 11.1. The van der Waals surface area contributed by atoms with Crippen LogP contribution in [0.1, 0.15) is 64.5 Å². The third-order valence-electron chi connectivity index (χ3n) is 5.46. The first-order chi connectivity index (χ1) is 12.4. The molecule has 148 valence electrons. The molecule has 6 nitrogen and oxygen atoms in total. The van der Waals surface area contributed by atoms with E-state index in [0.29, 0.717) is 6.54 Å². The molecule has 1 aliphatic rings. The molecule has 1 unspecified atom stereocenters. The highest BCUT2D eigenvalue weighted by Crippen LogP contribution is 2.23. The molecule has 0 bridgehead atoms. The number of likely N-dealkylation sites (tertiary alicyclic amines) is 1. The molecule has 0 radical (unpaired) electrons. The van der Waals surface area contributed by atoms with Gasteiger partial charge in [0.2, 0.25) is 0 Å². The van der Waals surface area contributed by atoms with E-state index in [4.69, 9.17) is 4.52 Å². The normalized spacial score (nSPS) is 19.6. The van der Waals surface area contributed by atoms with Crippen molar-refractivity contribution in [2.45, 2.75) is 72.4 Å². The standard InChI is InChI=1S/C20H37N5O/c1-7-17-16(18(8-2)26-24-17)12-22-19(21-6)23-14-20(4,5)25-11-9-10-15(3)13-25/h15H,7-14H2,1-6H3,(H2,21,22,23). The maximum atomic E-state index is 5.45. The molecule has 1 saturated heterocycles. The van der Waals surface area contributed by atoms with Gasteiger partial charge in [-0.1, -0.05) is 25.9 Å². The number of hydrogen-bond acceptors (Lipinski definition) is 4. The summed E-state index contributed by atoms with van der Waals surface area (Å²) in [5.74, 6) is 2.58. The first-order valence-electron chi connectivity index (χ1n) is 10.1.